The second kappa shape index (κ2) is 10.5. The molecule has 0 saturated carbocycles. The molecule has 4 aromatic carbocycles. The van der Waals surface area contributed by atoms with Crippen LogP contribution in [0.2, 0.25) is 0 Å². The fourth-order valence-corrected chi connectivity index (χ4v) is 5.07. The van der Waals surface area contributed by atoms with E-state index < -0.39 is 0 Å². The van der Waals surface area contributed by atoms with Crippen LogP contribution in [0.1, 0.15) is 44.5 Å². The Hall–Kier alpha value is -2.97. The Morgan fingerprint density at radius 2 is 1.00 bits per heavy atom. The number of benzene rings is 4. The van der Waals surface area contributed by atoms with Crippen molar-refractivity contribution in [2.75, 3.05) is 0 Å². The van der Waals surface area contributed by atoms with Crippen molar-refractivity contribution >= 4 is 11.8 Å². The van der Waals surface area contributed by atoms with Crippen LogP contribution in [0.5, 0.6) is 11.5 Å². The molecule has 0 radical (unpaired) electrons. The lowest BCUT2D eigenvalue weighted by Crippen LogP contribution is -1.97. The van der Waals surface area contributed by atoms with E-state index in [1.807, 2.05) is 17.8 Å². The van der Waals surface area contributed by atoms with Crippen molar-refractivity contribution in [2.45, 2.75) is 64.2 Å². The van der Waals surface area contributed by atoms with Crippen molar-refractivity contribution in [3.8, 4) is 11.5 Å². The predicted octanol–water partition coefficient (Wildman–Crippen LogP) is 9.27. The molecule has 0 spiro atoms. The molecule has 0 N–H and O–H groups in total. The first kappa shape index (κ1) is 24.2. The summed E-state index contributed by atoms with van der Waals surface area (Å²) in [4.78, 5) is 2.60. The van der Waals surface area contributed by atoms with Crippen LogP contribution in [-0.2, 0) is 12.8 Å². The van der Waals surface area contributed by atoms with Gasteiger partial charge in [-0.05, 0) is 147 Å². The third-order valence-electron chi connectivity index (χ3n) is 6.73. The molecule has 0 aliphatic heterocycles. The van der Waals surface area contributed by atoms with Gasteiger partial charge in [-0.15, -0.1) is 0 Å². The topological polar surface area (TPSA) is 9.23 Å². The maximum atomic E-state index is 6.12. The first-order chi connectivity index (χ1) is 16.3. The second-order valence-electron chi connectivity index (χ2n) is 9.37. The highest BCUT2D eigenvalue weighted by Gasteiger charge is 2.08. The van der Waals surface area contributed by atoms with E-state index in [9.17, 15) is 0 Å². The minimum atomic E-state index is 0.893. The van der Waals surface area contributed by atoms with Crippen LogP contribution in [0, 0.1) is 41.5 Å². The molecule has 0 heterocycles. The summed E-state index contributed by atoms with van der Waals surface area (Å²) in [6.45, 7) is 13.0. The Kier molecular flexibility index (Phi) is 7.48. The molecule has 0 fully saturated rings. The third kappa shape index (κ3) is 5.93. The summed E-state index contributed by atoms with van der Waals surface area (Å²) in [5, 5.41) is 0. The van der Waals surface area contributed by atoms with E-state index in [4.69, 9.17) is 4.74 Å². The van der Waals surface area contributed by atoms with Gasteiger partial charge in [-0.1, -0.05) is 36.0 Å². The summed E-state index contributed by atoms with van der Waals surface area (Å²) < 4.78 is 6.12. The van der Waals surface area contributed by atoms with Gasteiger partial charge in [-0.2, -0.15) is 0 Å². The standard InChI is InChI=1S/C32H34OS/c1-21-7-13-29(17-24(21)4)33-30-14-12-27(26(6)18-30)10-11-28-20-32(16-9-23(28)3)34-31-15-8-22(2)25(5)19-31/h7-9,12-20H,10-11H2,1-6H3. The molecule has 0 aromatic heterocycles. The van der Waals surface area contributed by atoms with E-state index in [0.717, 1.165) is 24.3 Å². The lowest BCUT2D eigenvalue weighted by Gasteiger charge is -2.13. The van der Waals surface area contributed by atoms with Gasteiger partial charge < -0.3 is 4.74 Å². The van der Waals surface area contributed by atoms with E-state index >= 15 is 0 Å². The summed E-state index contributed by atoms with van der Waals surface area (Å²) in [5.74, 6) is 1.79. The van der Waals surface area contributed by atoms with Crippen LogP contribution >= 0.6 is 11.8 Å². The number of hydrogen-bond acceptors (Lipinski definition) is 2. The summed E-state index contributed by atoms with van der Waals surface area (Å²) in [7, 11) is 0. The van der Waals surface area contributed by atoms with Gasteiger partial charge in [0.2, 0.25) is 0 Å². The van der Waals surface area contributed by atoms with Gasteiger partial charge in [0.05, 0.1) is 0 Å². The van der Waals surface area contributed by atoms with Crippen molar-refractivity contribution in [2.24, 2.45) is 0 Å². The molecule has 2 heteroatoms. The van der Waals surface area contributed by atoms with Crippen molar-refractivity contribution in [1.82, 2.24) is 0 Å². The number of aryl methyl sites for hydroxylation is 8. The van der Waals surface area contributed by atoms with Gasteiger partial charge in [0, 0.05) is 9.79 Å². The molecule has 0 amide bonds. The highest BCUT2D eigenvalue weighted by molar-refractivity contribution is 7.99. The normalized spacial score (nSPS) is 11.0. The van der Waals surface area contributed by atoms with Gasteiger partial charge in [-0.25, -0.2) is 0 Å². The molecule has 0 atom stereocenters. The molecule has 4 rings (SSSR count). The zero-order valence-corrected chi connectivity index (χ0v) is 22.0. The number of hydrogen-bond donors (Lipinski definition) is 0. The second-order valence-corrected chi connectivity index (χ2v) is 10.5. The summed E-state index contributed by atoms with van der Waals surface area (Å²) >= 11 is 1.85. The van der Waals surface area contributed by atoms with Gasteiger partial charge in [0.1, 0.15) is 11.5 Å². The maximum absolute atomic E-state index is 6.12. The first-order valence-corrected chi connectivity index (χ1v) is 12.8. The molecule has 0 aliphatic rings. The molecule has 1 nitrogen and oxygen atoms in total. The lowest BCUT2D eigenvalue weighted by molar-refractivity contribution is 0.481. The Labute approximate surface area is 209 Å². The number of ether oxygens (including phenoxy) is 1. The third-order valence-corrected chi connectivity index (χ3v) is 7.71. The fourth-order valence-electron chi connectivity index (χ4n) is 4.09. The fraction of sp³-hybridized carbons (Fsp3) is 0.250. The highest BCUT2D eigenvalue weighted by atomic mass is 32.2. The van der Waals surface area contributed by atoms with Crippen LogP contribution in [0.15, 0.2) is 82.6 Å². The van der Waals surface area contributed by atoms with E-state index in [1.54, 1.807) is 0 Å². The zero-order chi connectivity index (χ0) is 24.2. The van der Waals surface area contributed by atoms with E-state index in [1.165, 1.54) is 54.3 Å². The molecule has 0 aliphatic carbocycles. The predicted molar refractivity (Wildman–Crippen MR) is 146 cm³/mol. The SMILES string of the molecule is Cc1ccc(Oc2ccc(CCc3cc(Sc4ccc(C)c(C)c4)ccc3C)c(C)c2)cc1C. The van der Waals surface area contributed by atoms with Gasteiger partial charge in [-0.3, -0.25) is 0 Å². The van der Waals surface area contributed by atoms with Crippen molar-refractivity contribution in [3.63, 3.8) is 0 Å². The van der Waals surface area contributed by atoms with Crippen molar-refractivity contribution < 1.29 is 4.74 Å². The monoisotopic (exact) mass is 466 g/mol. The largest absolute Gasteiger partial charge is 0.457 e. The number of rotatable bonds is 7. The van der Waals surface area contributed by atoms with Crippen molar-refractivity contribution in [1.29, 1.82) is 0 Å². The van der Waals surface area contributed by atoms with Gasteiger partial charge in [0.15, 0.2) is 0 Å². The van der Waals surface area contributed by atoms with Crippen LogP contribution in [-0.4, -0.2) is 0 Å². The maximum Gasteiger partial charge on any atom is 0.127 e. The molecular weight excluding hydrogens is 432 g/mol. The Balaban J connectivity index is 1.43. The Morgan fingerprint density at radius 3 is 1.65 bits per heavy atom. The van der Waals surface area contributed by atoms with Crippen LogP contribution in [0.3, 0.4) is 0 Å². The quantitative estimate of drug-likeness (QED) is 0.268. The average molecular weight is 467 g/mol. The molecule has 0 unspecified atom stereocenters. The lowest BCUT2D eigenvalue weighted by atomic mass is 9.98. The molecule has 0 saturated heterocycles. The molecule has 174 valence electrons. The minimum Gasteiger partial charge on any atom is -0.457 e. The smallest absolute Gasteiger partial charge is 0.127 e. The summed E-state index contributed by atoms with van der Waals surface area (Å²) in [5.41, 5.74) is 10.6. The van der Waals surface area contributed by atoms with E-state index in [-0.39, 0.29) is 0 Å². The molecule has 34 heavy (non-hydrogen) atoms. The minimum absolute atomic E-state index is 0.893. The van der Waals surface area contributed by atoms with Crippen molar-refractivity contribution in [3.05, 3.63) is 117 Å². The molecule has 0 bridgehead atoms. The van der Waals surface area contributed by atoms with E-state index in [0.29, 0.717) is 0 Å². The average Bonchev–Trinajstić information content (AvgIpc) is 2.80. The zero-order valence-electron chi connectivity index (χ0n) is 21.2. The highest BCUT2D eigenvalue weighted by Crippen LogP contribution is 2.31. The summed E-state index contributed by atoms with van der Waals surface area (Å²) in [6.07, 6.45) is 2.06. The van der Waals surface area contributed by atoms with Crippen LogP contribution in [0.4, 0.5) is 0 Å². The van der Waals surface area contributed by atoms with Gasteiger partial charge >= 0.3 is 0 Å². The first-order valence-electron chi connectivity index (χ1n) is 12.0. The van der Waals surface area contributed by atoms with Crippen LogP contribution < -0.4 is 4.74 Å². The van der Waals surface area contributed by atoms with Gasteiger partial charge in [0.25, 0.3) is 0 Å². The molecular formula is C32H34OS. The Bertz CT molecular complexity index is 1320. The summed E-state index contributed by atoms with van der Waals surface area (Å²) in [6, 6.07) is 26.3. The van der Waals surface area contributed by atoms with Crippen LogP contribution in [0.25, 0.3) is 0 Å². The van der Waals surface area contributed by atoms with E-state index in [2.05, 4.69) is 108 Å². The molecule has 4 aromatic rings. The Morgan fingerprint density at radius 1 is 0.471 bits per heavy atom.